The summed E-state index contributed by atoms with van der Waals surface area (Å²) in [5.41, 5.74) is 2.57. The predicted molar refractivity (Wildman–Crippen MR) is 50.7 cm³/mol. The van der Waals surface area contributed by atoms with Crippen molar-refractivity contribution >= 4 is 5.69 Å². The van der Waals surface area contributed by atoms with Crippen molar-refractivity contribution in [2.45, 2.75) is 18.6 Å². The van der Waals surface area contributed by atoms with Crippen molar-refractivity contribution in [1.29, 1.82) is 0 Å². The minimum Gasteiger partial charge on any atom is -0.320 e. The highest BCUT2D eigenvalue weighted by molar-refractivity contribution is 5.38. The maximum atomic E-state index is 13.4. The molecule has 18 heavy (non-hydrogen) atoms. The summed E-state index contributed by atoms with van der Waals surface area (Å²) in [4.78, 5) is 9.20. The number of benzene rings is 1. The van der Waals surface area contributed by atoms with Crippen LogP contribution in [-0.2, 0) is 6.42 Å². The predicted octanol–water partition coefficient (Wildman–Crippen LogP) is 2.31. The van der Waals surface area contributed by atoms with Gasteiger partial charge in [0.25, 0.3) is 0 Å². The van der Waals surface area contributed by atoms with Crippen LogP contribution in [0.1, 0.15) is 5.56 Å². The summed E-state index contributed by atoms with van der Waals surface area (Å²) >= 11 is 0. The van der Waals surface area contributed by atoms with E-state index in [9.17, 15) is 32.1 Å². The van der Waals surface area contributed by atoms with E-state index in [4.69, 9.17) is 5.73 Å². The average molecular weight is 270 g/mol. The van der Waals surface area contributed by atoms with Crippen LogP contribution in [0, 0.1) is 21.7 Å². The minimum atomic E-state index is -4.84. The first kappa shape index (κ1) is 14.3. The molecule has 1 rings (SSSR count). The number of rotatable bonds is 3. The van der Waals surface area contributed by atoms with Gasteiger partial charge in [-0.3, -0.25) is 10.1 Å². The van der Waals surface area contributed by atoms with Crippen molar-refractivity contribution in [3.63, 3.8) is 0 Å². The van der Waals surface area contributed by atoms with Crippen molar-refractivity contribution in [1.82, 2.24) is 0 Å². The van der Waals surface area contributed by atoms with Gasteiger partial charge in [-0.15, -0.1) is 0 Å². The molecule has 100 valence electrons. The van der Waals surface area contributed by atoms with Crippen molar-refractivity contribution in [2.24, 2.45) is 5.73 Å². The van der Waals surface area contributed by atoms with Gasteiger partial charge in [0, 0.05) is 18.1 Å². The Hall–Kier alpha value is -1.77. The molecule has 0 fully saturated rings. The summed E-state index contributed by atoms with van der Waals surface area (Å²) in [6.07, 6.45) is -6.05. The van der Waals surface area contributed by atoms with E-state index in [0.717, 1.165) is 0 Å². The van der Waals surface area contributed by atoms with E-state index in [2.05, 4.69) is 0 Å². The van der Waals surface area contributed by atoms with E-state index in [-0.39, 0.29) is 0 Å². The second kappa shape index (κ2) is 4.84. The third-order valence-corrected chi connectivity index (χ3v) is 2.21. The monoisotopic (exact) mass is 270 g/mol. The molecule has 0 amide bonds. The first-order chi connectivity index (χ1) is 8.14. The van der Waals surface area contributed by atoms with Crippen LogP contribution in [0.2, 0.25) is 0 Å². The van der Waals surface area contributed by atoms with Crippen molar-refractivity contribution < 1.29 is 26.9 Å². The molecule has 0 aliphatic rings. The number of nitrogens with zero attached hydrogens (tertiary/aromatic N) is 1. The van der Waals surface area contributed by atoms with Crippen LogP contribution in [-0.4, -0.2) is 17.1 Å². The third-order valence-electron chi connectivity index (χ3n) is 2.21. The highest BCUT2D eigenvalue weighted by atomic mass is 19.4. The molecule has 1 aromatic rings. The van der Waals surface area contributed by atoms with E-state index in [1.54, 1.807) is 0 Å². The lowest BCUT2D eigenvalue weighted by molar-refractivity contribution is -0.387. The number of hydrogen-bond acceptors (Lipinski definition) is 3. The van der Waals surface area contributed by atoms with Gasteiger partial charge in [-0.05, 0) is 6.07 Å². The average Bonchev–Trinajstić information content (AvgIpc) is 2.21. The van der Waals surface area contributed by atoms with Crippen molar-refractivity contribution in [2.75, 3.05) is 0 Å². The van der Waals surface area contributed by atoms with Gasteiger partial charge >= 0.3 is 11.9 Å². The summed E-state index contributed by atoms with van der Waals surface area (Å²) in [5, 5.41) is 10.4. The largest absolute Gasteiger partial charge is 0.403 e. The van der Waals surface area contributed by atoms with E-state index in [1.165, 1.54) is 0 Å². The molecule has 0 aliphatic heterocycles. The Bertz CT molecular complexity index is 475. The van der Waals surface area contributed by atoms with Crippen molar-refractivity contribution in [3.8, 4) is 0 Å². The first-order valence-corrected chi connectivity index (χ1v) is 4.58. The van der Waals surface area contributed by atoms with Gasteiger partial charge in [0.1, 0.15) is 11.9 Å². The summed E-state index contributed by atoms with van der Waals surface area (Å²) in [7, 11) is 0. The van der Waals surface area contributed by atoms with Gasteiger partial charge in [0.2, 0.25) is 5.82 Å². The van der Waals surface area contributed by atoms with Crippen LogP contribution < -0.4 is 5.73 Å². The number of nitro benzene ring substituents is 1. The van der Waals surface area contributed by atoms with Gasteiger partial charge < -0.3 is 5.73 Å². The molecular formula is C9H7F5N2O2. The maximum Gasteiger partial charge on any atom is 0.403 e. The highest BCUT2D eigenvalue weighted by Crippen LogP contribution is 2.27. The van der Waals surface area contributed by atoms with Gasteiger partial charge in [0.15, 0.2) is 0 Å². The Kier molecular flexibility index (Phi) is 3.85. The fraction of sp³-hybridized carbons (Fsp3) is 0.333. The van der Waals surface area contributed by atoms with E-state index < -0.39 is 46.4 Å². The quantitative estimate of drug-likeness (QED) is 0.520. The van der Waals surface area contributed by atoms with E-state index in [1.807, 2.05) is 0 Å². The molecule has 0 heterocycles. The highest BCUT2D eigenvalue weighted by Gasteiger charge is 2.38. The number of nitrogens with two attached hydrogens (primary N) is 1. The van der Waals surface area contributed by atoms with Gasteiger partial charge in [-0.25, -0.2) is 4.39 Å². The van der Waals surface area contributed by atoms with Crippen LogP contribution >= 0.6 is 0 Å². The molecule has 0 bridgehead atoms. The molecule has 4 nitrogen and oxygen atoms in total. The molecule has 0 saturated carbocycles. The molecule has 0 radical (unpaired) electrons. The molecule has 0 aromatic heterocycles. The molecular weight excluding hydrogens is 263 g/mol. The molecule has 2 N–H and O–H groups in total. The normalized spacial score (nSPS) is 13.4. The zero-order valence-electron chi connectivity index (χ0n) is 8.67. The Morgan fingerprint density at radius 1 is 1.33 bits per heavy atom. The topological polar surface area (TPSA) is 69.2 Å². The number of nitro groups is 1. The van der Waals surface area contributed by atoms with Crippen LogP contribution in [0.5, 0.6) is 0 Å². The molecule has 1 unspecified atom stereocenters. The Labute approximate surface area is 97.3 Å². The van der Waals surface area contributed by atoms with Gasteiger partial charge in [0.05, 0.1) is 4.92 Å². The summed E-state index contributed by atoms with van der Waals surface area (Å²) in [6, 6.07) is -1.43. The standard InChI is InChI=1S/C9H7F5N2O2/c10-5-1-2-6(16(17)18)8(11)4(5)3-7(15)9(12,13)14/h1-2,7H,3,15H2. The van der Waals surface area contributed by atoms with Crippen LogP contribution in [0.15, 0.2) is 12.1 Å². The fourth-order valence-corrected chi connectivity index (χ4v) is 1.25. The second-order valence-electron chi connectivity index (χ2n) is 3.47. The van der Waals surface area contributed by atoms with Crippen LogP contribution in [0.3, 0.4) is 0 Å². The zero-order chi connectivity index (χ0) is 14.1. The molecule has 9 heteroatoms. The second-order valence-corrected chi connectivity index (χ2v) is 3.47. The summed E-state index contributed by atoms with van der Waals surface area (Å²) in [5.74, 6) is -2.95. The number of alkyl halides is 3. The van der Waals surface area contributed by atoms with Crippen molar-refractivity contribution in [3.05, 3.63) is 39.4 Å². The molecule has 0 aliphatic carbocycles. The van der Waals surface area contributed by atoms with Gasteiger partial charge in [-0.1, -0.05) is 0 Å². The molecule has 0 spiro atoms. The number of halogens is 5. The van der Waals surface area contributed by atoms with E-state index >= 15 is 0 Å². The SMILES string of the molecule is NC(Cc1c(F)ccc([N+](=O)[O-])c1F)C(F)(F)F. The molecule has 1 aromatic carbocycles. The minimum absolute atomic E-state index is 0.527. The fourth-order valence-electron chi connectivity index (χ4n) is 1.25. The molecule has 0 saturated heterocycles. The summed E-state index contributed by atoms with van der Waals surface area (Å²) in [6.45, 7) is 0. The first-order valence-electron chi connectivity index (χ1n) is 4.58. The summed E-state index contributed by atoms with van der Waals surface area (Å²) < 4.78 is 63.0. The lowest BCUT2D eigenvalue weighted by atomic mass is 10.0. The van der Waals surface area contributed by atoms with Gasteiger partial charge in [-0.2, -0.15) is 17.6 Å². The number of hydrogen-bond donors (Lipinski definition) is 1. The van der Waals surface area contributed by atoms with Crippen LogP contribution in [0.4, 0.5) is 27.6 Å². The third kappa shape index (κ3) is 2.92. The lowest BCUT2D eigenvalue weighted by Crippen LogP contribution is -2.39. The Balaban J connectivity index is 3.16. The van der Waals surface area contributed by atoms with E-state index in [0.29, 0.717) is 12.1 Å². The zero-order valence-corrected chi connectivity index (χ0v) is 8.67. The molecule has 1 atom stereocenters. The Morgan fingerprint density at radius 3 is 2.33 bits per heavy atom. The Morgan fingerprint density at radius 2 is 1.89 bits per heavy atom. The smallest absolute Gasteiger partial charge is 0.320 e. The lowest BCUT2D eigenvalue weighted by Gasteiger charge is -2.16. The maximum absolute atomic E-state index is 13.4. The van der Waals surface area contributed by atoms with Crippen LogP contribution in [0.25, 0.3) is 0 Å².